The van der Waals surface area contributed by atoms with Crippen molar-refractivity contribution in [2.75, 3.05) is 5.32 Å². The standard InChI is InChI=1S/C16H19N3O2/c1-10(2)21-12-6-4-11(5-7-12)13-8-15(20)18-16-14(13)9-17-19(16)3/h4-7,9-10,13H,8H2,1-3H3,(H,18,20). The highest BCUT2D eigenvalue weighted by atomic mass is 16.5. The molecule has 5 nitrogen and oxygen atoms in total. The van der Waals surface area contributed by atoms with Gasteiger partial charge in [0, 0.05) is 24.9 Å². The van der Waals surface area contributed by atoms with Gasteiger partial charge >= 0.3 is 0 Å². The summed E-state index contributed by atoms with van der Waals surface area (Å²) in [5, 5.41) is 7.12. The predicted octanol–water partition coefficient (Wildman–Crippen LogP) is 2.68. The molecule has 1 N–H and O–H groups in total. The van der Waals surface area contributed by atoms with E-state index in [2.05, 4.69) is 10.4 Å². The summed E-state index contributed by atoms with van der Waals surface area (Å²) in [6.07, 6.45) is 2.43. The number of aromatic nitrogens is 2. The molecule has 0 radical (unpaired) electrons. The Hall–Kier alpha value is -2.30. The van der Waals surface area contributed by atoms with Gasteiger partial charge in [-0.3, -0.25) is 9.48 Å². The molecule has 1 atom stereocenters. The summed E-state index contributed by atoms with van der Waals surface area (Å²) in [6, 6.07) is 7.96. The van der Waals surface area contributed by atoms with Gasteiger partial charge in [-0.05, 0) is 31.5 Å². The van der Waals surface area contributed by atoms with E-state index in [0.29, 0.717) is 6.42 Å². The van der Waals surface area contributed by atoms with Crippen LogP contribution in [0.4, 0.5) is 5.82 Å². The molecule has 110 valence electrons. The minimum atomic E-state index is 0.0265. The van der Waals surface area contributed by atoms with E-state index < -0.39 is 0 Å². The molecule has 3 rings (SSSR count). The quantitative estimate of drug-likeness (QED) is 0.943. The van der Waals surface area contributed by atoms with Gasteiger partial charge in [-0.2, -0.15) is 5.10 Å². The molecule has 21 heavy (non-hydrogen) atoms. The molecule has 1 aliphatic rings. The predicted molar refractivity (Wildman–Crippen MR) is 80.5 cm³/mol. The topological polar surface area (TPSA) is 56.1 Å². The van der Waals surface area contributed by atoms with Crippen molar-refractivity contribution < 1.29 is 9.53 Å². The lowest BCUT2D eigenvalue weighted by atomic mass is 9.87. The van der Waals surface area contributed by atoms with Crippen molar-refractivity contribution in [1.82, 2.24) is 9.78 Å². The van der Waals surface area contributed by atoms with Gasteiger partial charge in [0.05, 0.1) is 12.3 Å². The number of aryl methyl sites for hydroxylation is 1. The number of hydrogen-bond donors (Lipinski definition) is 1. The third-order valence-corrected chi connectivity index (χ3v) is 3.64. The van der Waals surface area contributed by atoms with Gasteiger partial charge < -0.3 is 10.1 Å². The van der Waals surface area contributed by atoms with E-state index >= 15 is 0 Å². The first-order valence-corrected chi connectivity index (χ1v) is 7.13. The van der Waals surface area contributed by atoms with E-state index in [1.807, 2.05) is 51.4 Å². The highest BCUT2D eigenvalue weighted by molar-refractivity contribution is 5.94. The smallest absolute Gasteiger partial charge is 0.226 e. The fraction of sp³-hybridized carbons (Fsp3) is 0.375. The third kappa shape index (κ3) is 2.63. The molecule has 1 aromatic heterocycles. The Morgan fingerprint density at radius 3 is 2.71 bits per heavy atom. The van der Waals surface area contributed by atoms with Crippen molar-refractivity contribution in [3.8, 4) is 5.75 Å². The Bertz CT molecular complexity index is 659. The van der Waals surface area contributed by atoms with Gasteiger partial charge in [0.2, 0.25) is 5.91 Å². The Kier molecular flexibility index (Phi) is 3.41. The molecule has 1 aromatic carbocycles. The lowest BCUT2D eigenvalue weighted by Crippen LogP contribution is -2.24. The molecular weight excluding hydrogens is 266 g/mol. The number of carbonyl (C=O) groups is 1. The zero-order valence-corrected chi connectivity index (χ0v) is 12.5. The summed E-state index contributed by atoms with van der Waals surface area (Å²) >= 11 is 0. The number of rotatable bonds is 3. The average molecular weight is 285 g/mol. The number of carbonyl (C=O) groups excluding carboxylic acids is 1. The summed E-state index contributed by atoms with van der Waals surface area (Å²) in [6.45, 7) is 4.00. The molecule has 2 aromatic rings. The number of ether oxygens (including phenoxy) is 1. The summed E-state index contributed by atoms with van der Waals surface area (Å²) in [5.74, 6) is 1.72. The van der Waals surface area contributed by atoms with Gasteiger partial charge in [0.25, 0.3) is 0 Å². The lowest BCUT2D eigenvalue weighted by Gasteiger charge is -2.23. The minimum Gasteiger partial charge on any atom is -0.491 e. The van der Waals surface area contributed by atoms with Gasteiger partial charge in [0.1, 0.15) is 11.6 Å². The molecule has 0 spiro atoms. The molecular formula is C16H19N3O2. The number of nitrogens with one attached hydrogen (secondary N) is 1. The summed E-state index contributed by atoms with van der Waals surface area (Å²) in [7, 11) is 1.83. The van der Waals surface area contributed by atoms with Crippen molar-refractivity contribution in [2.45, 2.75) is 32.3 Å². The van der Waals surface area contributed by atoms with E-state index in [9.17, 15) is 4.79 Å². The second kappa shape index (κ2) is 5.24. The molecule has 0 aliphatic carbocycles. The highest BCUT2D eigenvalue weighted by Crippen LogP contribution is 2.37. The monoisotopic (exact) mass is 285 g/mol. The Morgan fingerprint density at radius 2 is 2.05 bits per heavy atom. The highest BCUT2D eigenvalue weighted by Gasteiger charge is 2.29. The van der Waals surface area contributed by atoms with Crippen LogP contribution in [0.2, 0.25) is 0 Å². The van der Waals surface area contributed by atoms with Gasteiger partial charge in [0.15, 0.2) is 0 Å². The first-order chi connectivity index (χ1) is 10.0. The summed E-state index contributed by atoms with van der Waals surface area (Å²) in [4.78, 5) is 11.9. The van der Waals surface area contributed by atoms with Gasteiger partial charge in [-0.1, -0.05) is 12.1 Å². The Labute approximate surface area is 123 Å². The van der Waals surface area contributed by atoms with Gasteiger partial charge in [-0.15, -0.1) is 0 Å². The number of fused-ring (bicyclic) bond motifs is 1. The second-order valence-corrected chi connectivity index (χ2v) is 5.61. The van der Waals surface area contributed by atoms with Crippen LogP contribution in [-0.4, -0.2) is 21.8 Å². The van der Waals surface area contributed by atoms with Crippen molar-refractivity contribution in [2.24, 2.45) is 7.05 Å². The van der Waals surface area contributed by atoms with Crippen LogP contribution < -0.4 is 10.1 Å². The molecule has 2 heterocycles. The fourth-order valence-corrected chi connectivity index (χ4v) is 2.69. The van der Waals surface area contributed by atoms with Crippen molar-refractivity contribution in [1.29, 1.82) is 0 Å². The average Bonchev–Trinajstić information content (AvgIpc) is 2.80. The molecule has 0 saturated carbocycles. The molecule has 1 unspecified atom stereocenters. The fourth-order valence-electron chi connectivity index (χ4n) is 2.69. The van der Waals surface area contributed by atoms with E-state index in [4.69, 9.17) is 4.74 Å². The molecule has 1 amide bonds. The Balaban J connectivity index is 1.91. The maximum absolute atomic E-state index is 11.9. The lowest BCUT2D eigenvalue weighted by molar-refractivity contribution is -0.116. The maximum Gasteiger partial charge on any atom is 0.226 e. The van der Waals surface area contributed by atoms with Crippen LogP contribution >= 0.6 is 0 Å². The first kappa shape index (κ1) is 13.7. The number of nitrogens with zero attached hydrogens (tertiary/aromatic N) is 2. The van der Waals surface area contributed by atoms with Crippen LogP contribution in [0.25, 0.3) is 0 Å². The van der Waals surface area contributed by atoms with Crippen LogP contribution in [0.1, 0.15) is 37.3 Å². The summed E-state index contributed by atoms with van der Waals surface area (Å²) in [5.41, 5.74) is 2.17. The maximum atomic E-state index is 11.9. The van der Waals surface area contributed by atoms with Crippen LogP contribution in [-0.2, 0) is 11.8 Å². The van der Waals surface area contributed by atoms with Crippen LogP contribution in [0.3, 0.4) is 0 Å². The zero-order chi connectivity index (χ0) is 15.0. The van der Waals surface area contributed by atoms with Crippen molar-refractivity contribution in [3.05, 3.63) is 41.6 Å². The summed E-state index contributed by atoms with van der Waals surface area (Å²) < 4.78 is 7.36. The number of anilines is 1. The van der Waals surface area contributed by atoms with Crippen LogP contribution in [0, 0.1) is 0 Å². The van der Waals surface area contributed by atoms with E-state index in [-0.39, 0.29) is 17.9 Å². The minimum absolute atomic E-state index is 0.0265. The van der Waals surface area contributed by atoms with E-state index in [0.717, 1.165) is 22.7 Å². The van der Waals surface area contributed by atoms with Crippen molar-refractivity contribution in [3.63, 3.8) is 0 Å². The molecule has 0 saturated heterocycles. The number of hydrogen-bond acceptors (Lipinski definition) is 3. The molecule has 0 fully saturated rings. The SMILES string of the molecule is CC(C)Oc1ccc(C2CC(=O)Nc3c2cnn3C)cc1. The van der Waals surface area contributed by atoms with Crippen LogP contribution in [0.15, 0.2) is 30.5 Å². The van der Waals surface area contributed by atoms with Crippen LogP contribution in [0.5, 0.6) is 5.75 Å². The molecule has 1 aliphatic heterocycles. The first-order valence-electron chi connectivity index (χ1n) is 7.13. The second-order valence-electron chi connectivity index (χ2n) is 5.61. The van der Waals surface area contributed by atoms with Crippen molar-refractivity contribution >= 4 is 11.7 Å². The normalized spacial score (nSPS) is 17.5. The molecule has 5 heteroatoms. The Morgan fingerprint density at radius 1 is 1.33 bits per heavy atom. The van der Waals surface area contributed by atoms with E-state index in [1.165, 1.54) is 0 Å². The largest absolute Gasteiger partial charge is 0.491 e. The molecule has 0 bridgehead atoms. The third-order valence-electron chi connectivity index (χ3n) is 3.64. The number of benzene rings is 1. The zero-order valence-electron chi connectivity index (χ0n) is 12.5. The van der Waals surface area contributed by atoms with Gasteiger partial charge in [-0.25, -0.2) is 0 Å². The number of amides is 1. The van der Waals surface area contributed by atoms with E-state index in [1.54, 1.807) is 4.68 Å².